The van der Waals surface area contributed by atoms with Gasteiger partial charge in [0.15, 0.2) is 0 Å². The second-order valence-electron chi connectivity index (χ2n) is 3.81. The van der Waals surface area contributed by atoms with Crippen molar-refractivity contribution in [2.45, 2.75) is 41.0 Å². The summed E-state index contributed by atoms with van der Waals surface area (Å²) in [4.78, 5) is 0. The van der Waals surface area contributed by atoms with E-state index in [1.807, 2.05) is 45.1 Å². The van der Waals surface area contributed by atoms with Crippen LogP contribution in [0.5, 0.6) is 0 Å². The molecule has 1 rings (SSSR count). The molecule has 0 bridgehead atoms. The van der Waals surface area contributed by atoms with E-state index in [0.717, 1.165) is 5.57 Å². The number of aliphatic hydroxyl groups is 1. The summed E-state index contributed by atoms with van der Waals surface area (Å²) in [5.74, 6) is 0.863. The molecule has 0 spiro atoms. The van der Waals surface area contributed by atoms with Gasteiger partial charge in [-0.3, -0.25) is 0 Å². The summed E-state index contributed by atoms with van der Waals surface area (Å²) in [5.41, 5.74) is 2.47. The Kier molecular flexibility index (Phi) is 7.36. The first-order valence-corrected chi connectivity index (χ1v) is 6.01. The lowest BCUT2D eigenvalue weighted by atomic mass is 9.96. The van der Waals surface area contributed by atoms with Crippen molar-refractivity contribution in [2.24, 2.45) is 5.92 Å². The Balaban J connectivity index is 0.00000106. The SMILES string of the molecule is CC.CC1=C(\C)C(C)/C=C\C=C/C/C(O)=C\1. The highest BCUT2D eigenvalue weighted by atomic mass is 16.3. The maximum Gasteiger partial charge on any atom is 0.0962 e. The van der Waals surface area contributed by atoms with E-state index in [0.29, 0.717) is 18.1 Å². The molecule has 1 aliphatic rings. The van der Waals surface area contributed by atoms with Gasteiger partial charge >= 0.3 is 0 Å². The molecule has 0 fully saturated rings. The third-order valence-electron chi connectivity index (χ3n) is 2.66. The smallest absolute Gasteiger partial charge is 0.0962 e. The van der Waals surface area contributed by atoms with Crippen LogP contribution in [0, 0.1) is 5.92 Å². The van der Waals surface area contributed by atoms with E-state index in [2.05, 4.69) is 19.9 Å². The average molecular weight is 220 g/mol. The standard InChI is InChI=1S/C13H18O.C2H6/c1-10-7-5-4-6-8-13(14)9-11(2)12(10)3;1-2/h4-7,9-10,14H,8H2,1-3H3;1-2H3/b6-4-,7-5-,12-11-,13-9+;. The molecule has 0 aliphatic heterocycles. The Morgan fingerprint density at radius 2 is 1.81 bits per heavy atom. The predicted octanol–water partition coefficient (Wildman–Crippen LogP) is 4.94. The van der Waals surface area contributed by atoms with Crippen LogP contribution in [0.3, 0.4) is 0 Å². The summed E-state index contributed by atoms with van der Waals surface area (Å²) in [6.07, 6.45) is 10.6. The quantitative estimate of drug-likeness (QED) is 0.613. The first kappa shape index (κ1) is 14.8. The summed E-state index contributed by atoms with van der Waals surface area (Å²) >= 11 is 0. The Bertz CT molecular complexity index is 316. The Morgan fingerprint density at radius 3 is 2.44 bits per heavy atom. The van der Waals surface area contributed by atoms with Crippen LogP contribution in [0.2, 0.25) is 0 Å². The van der Waals surface area contributed by atoms with E-state index in [1.54, 1.807) is 0 Å². The van der Waals surface area contributed by atoms with Crippen LogP contribution in [0.4, 0.5) is 0 Å². The lowest BCUT2D eigenvalue weighted by Gasteiger charge is -2.10. The topological polar surface area (TPSA) is 20.2 Å². The lowest BCUT2D eigenvalue weighted by molar-refractivity contribution is 0.400. The molecule has 0 saturated heterocycles. The minimum Gasteiger partial charge on any atom is -0.512 e. The summed E-state index contributed by atoms with van der Waals surface area (Å²) in [6, 6.07) is 0. The van der Waals surface area contributed by atoms with E-state index < -0.39 is 0 Å². The number of aliphatic hydroxyl groups excluding tert-OH is 1. The average Bonchev–Trinajstić information content (AvgIpc) is 2.29. The van der Waals surface area contributed by atoms with Gasteiger partial charge in [0.2, 0.25) is 0 Å². The summed E-state index contributed by atoms with van der Waals surface area (Å²) in [5, 5.41) is 9.56. The van der Waals surface area contributed by atoms with Crippen molar-refractivity contribution in [1.29, 1.82) is 0 Å². The molecule has 0 amide bonds. The number of hydrogen-bond acceptors (Lipinski definition) is 1. The normalized spacial score (nSPS) is 32.8. The Hall–Kier alpha value is -1.24. The van der Waals surface area contributed by atoms with E-state index in [4.69, 9.17) is 0 Å². The maximum absolute atomic E-state index is 9.56. The zero-order valence-corrected chi connectivity index (χ0v) is 11.1. The van der Waals surface area contributed by atoms with Gasteiger partial charge in [0, 0.05) is 6.42 Å². The van der Waals surface area contributed by atoms with Crippen molar-refractivity contribution in [3.05, 3.63) is 47.3 Å². The highest BCUT2D eigenvalue weighted by Crippen LogP contribution is 2.19. The molecule has 1 nitrogen and oxygen atoms in total. The fourth-order valence-electron chi connectivity index (χ4n) is 1.42. The van der Waals surface area contributed by atoms with Gasteiger partial charge < -0.3 is 5.11 Å². The molecule has 0 heterocycles. The van der Waals surface area contributed by atoms with Gasteiger partial charge in [0.25, 0.3) is 0 Å². The fourth-order valence-corrected chi connectivity index (χ4v) is 1.42. The lowest BCUT2D eigenvalue weighted by Crippen LogP contribution is -1.95. The zero-order chi connectivity index (χ0) is 12.6. The first-order valence-electron chi connectivity index (χ1n) is 6.01. The van der Waals surface area contributed by atoms with Crippen LogP contribution in [0.1, 0.15) is 41.0 Å². The van der Waals surface area contributed by atoms with Crippen molar-refractivity contribution in [3.63, 3.8) is 0 Å². The first-order chi connectivity index (χ1) is 7.61. The molecular formula is C15H24O. The van der Waals surface area contributed by atoms with Gasteiger partial charge in [-0.05, 0) is 31.4 Å². The molecule has 0 aromatic rings. The minimum absolute atomic E-state index is 0.431. The highest BCUT2D eigenvalue weighted by molar-refractivity contribution is 5.29. The van der Waals surface area contributed by atoms with E-state index in [1.165, 1.54) is 5.57 Å². The third kappa shape index (κ3) is 5.01. The molecule has 0 aromatic carbocycles. The van der Waals surface area contributed by atoms with Crippen LogP contribution >= 0.6 is 0 Å². The molecule has 16 heavy (non-hydrogen) atoms. The van der Waals surface area contributed by atoms with Crippen LogP contribution in [-0.2, 0) is 0 Å². The van der Waals surface area contributed by atoms with Crippen molar-refractivity contribution >= 4 is 0 Å². The van der Waals surface area contributed by atoms with Crippen molar-refractivity contribution in [3.8, 4) is 0 Å². The molecule has 0 aromatic heterocycles. The monoisotopic (exact) mass is 220 g/mol. The molecule has 0 saturated carbocycles. The molecule has 0 radical (unpaired) electrons. The largest absolute Gasteiger partial charge is 0.512 e. The number of hydrogen-bond donors (Lipinski definition) is 1. The maximum atomic E-state index is 9.56. The van der Waals surface area contributed by atoms with E-state index >= 15 is 0 Å². The van der Waals surface area contributed by atoms with Gasteiger partial charge in [0.1, 0.15) is 0 Å². The van der Waals surface area contributed by atoms with Gasteiger partial charge in [0.05, 0.1) is 5.76 Å². The van der Waals surface area contributed by atoms with Crippen LogP contribution in [0.15, 0.2) is 47.3 Å². The summed E-state index contributed by atoms with van der Waals surface area (Å²) < 4.78 is 0. The van der Waals surface area contributed by atoms with Crippen LogP contribution in [-0.4, -0.2) is 5.11 Å². The van der Waals surface area contributed by atoms with E-state index in [-0.39, 0.29) is 0 Å². The second-order valence-corrected chi connectivity index (χ2v) is 3.81. The van der Waals surface area contributed by atoms with Crippen molar-refractivity contribution in [1.82, 2.24) is 0 Å². The molecule has 90 valence electrons. The zero-order valence-electron chi connectivity index (χ0n) is 11.1. The van der Waals surface area contributed by atoms with Crippen molar-refractivity contribution < 1.29 is 5.11 Å². The Morgan fingerprint density at radius 1 is 1.19 bits per heavy atom. The van der Waals surface area contributed by atoms with E-state index in [9.17, 15) is 5.11 Å². The predicted molar refractivity (Wildman–Crippen MR) is 72.5 cm³/mol. The molecule has 1 unspecified atom stereocenters. The van der Waals surface area contributed by atoms with Gasteiger partial charge in [-0.15, -0.1) is 0 Å². The molecule has 1 atom stereocenters. The summed E-state index contributed by atoms with van der Waals surface area (Å²) in [6.45, 7) is 10.3. The van der Waals surface area contributed by atoms with Gasteiger partial charge in [-0.2, -0.15) is 0 Å². The number of allylic oxidation sites excluding steroid dienone is 7. The van der Waals surface area contributed by atoms with Gasteiger partial charge in [-0.25, -0.2) is 0 Å². The summed E-state index contributed by atoms with van der Waals surface area (Å²) in [7, 11) is 0. The highest BCUT2D eigenvalue weighted by Gasteiger charge is 2.03. The van der Waals surface area contributed by atoms with Crippen molar-refractivity contribution in [2.75, 3.05) is 0 Å². The molecule has 1 N–H and O–H groups in total. The molecular weight excluding hydrogens is 196 g/mol. The molecule has 1 aliphatic carbocycles. The Labute approximate surface area is 99.9 Å². The fraction of sp³-hybridized carbons (Fsp3) is 0.467. The second kappa shape index (κ2) is 7.98. The number of rotatable bonds is 0. The third-order valence-corrected chi connectivity index (χ3v) is 2.66. The van der Waals surface area contributed by atoms with Crippen LogP contribution in [0.25, 0.3) is 0 Å². The molecule has 1 heteroatoms. The van der Waals surface area contributed by atoms with Gasteiger partial charge in [-0.1, -0.05) is 50.6 Å². The van der Waals surface area contributed by atoms with Crippen LogP contribution < -0.4 is 0 Å². The minimum atomic E-state index is 0.431.